The number of rotatable bonds is 5. The SMILES string of the molecule is COc1ccccc1/C=C/C(=O)c1cnn(C(C)C)c1. The second-order valence-corrected chi connectivity index (χ2v) is 4.74. The molecule has 1 aromatic carbocycles. The molecule has 1 heterocycles. The number of hydrogen-bond acceptors (Lipinski definition) is 3. The first-order valence-electron chi connectivity index (χ1n) is 6.51. The third-order valence-corrected chi connectivity index (χ3v) is 2.97. The van der Waals surface area contributed by atoms with E-state index in [0.29, 0.717) is 5.56 Å². The van der Waals surface area contributed by atoms with Crippen LogP contribution in [0, 0.1) is 0 Å². The first-order chi connectivity index (χ1) is 9.61. The normalized spacial score (nSPS) is 11.2. The monoisotopic (exact) mass is 270 g/mol. The Bertz CT molecular complexity index is 627. The van der Waals surface area contributed by atoms with Gasteiger partial charge in [0.05, 0.1) is 18.9 Å². The van der Waals surface area contributed by atoms with Crippen LogP contribution in [0.3, 0.4) is 0 Å². The van der Waals surface area contributed by atoms with Gasteiger partial charge in [-0.3, -0.25) is 9.48 Å². The van der Waals surface area contributed by atoms with Gasteiger partial charge in [-0.15, -0.1) is 0 Å². The van der Waals surface area contributed by atoms with Crippen molar-refractivity contribution in [1.29, 1.82) is 0 Å². The smallest absolute Gasteiger partial charge is 0.189 e. The molecule has 2 rings (SSSR count). The Balaban J connectivity index is 2.16. The topological polar surface area (TPSA) is 44.1 Å². The average molecular weight is 270 g/mol. The fourth-order valence-corrected chi connectivity index (χ4v) is 1.81. The molecule has 0 atom stereocenters. The van der Waals surface area contributed by atoms with Crippen molar-refractivity contribution in [2.45, 2.75) is 19.9 Å². The van der Waals surface area contributed by atoms with Gasteiger partial charge in [0.25, 0.3) is 0 Å². The number of aromatic nitrogens is 2. The van der Waals surface area contributed by atoms with E-state index in [1.54, 1.807) is 36.3 Å². The molecule has 0 aliphatic carbocycles. The van der Waals surface area contributed by atoms with Crippen LogP contribution in [-0.4, -0.2) is 22.7 Å². The molecule has 104 valence electrons. The molecule has 0 spiro atoms. The zero-order valence-corrected chi connectivity index (χ0v) is 11.9. The van der Waals surface area contributed by atoms with Crippen molar-refractivity contribution in [1.82, 2.24) is 9.78 Å². The van der Waals surface area contributed by atoms with E-state index in [9.17, 15) is 4.79 Å². The van der Waals surface area contributed by atoms with Gasteiger partial charge in [0.1, 0.15) is 5.75 Å². The summed E-state index contributed by atoms with van der Waals surface area (Å²) < 4.78 is 7.01. The zero-order valence-electron chi connectivity index (χ0n) is 11.9. The van der Waals surface area contributed by atoms with Gasteiger partial charge in [-0.25, -0.2) is 0 Å². The van der Waals surface area contributed by atoms with Gasteiger partial charge in [0.2, 0.25) is 0 Å². The van der Waals surface area contributed by atoms with Crippen molar-refractivity contribution in [3.05, 3.63) is 53.9 Å². The Kier molecular flexibility index (Phi) is 4.35. The Hall–Kier alpha value is -2.36. The van der Waals surface area contributed by atoms with E-state index in [2.05, 4.69) is 5.10 Å². The number of ketones is 1. The number of allylic oxidation sites excluding steroid dienone is 1. The van der Waals surface area contributed by atoms with E-state index >= 15 is 0 Å². The van der Waals surface area contributed by atoms with Crippen LogP contribution < -0.4 is 4.74 Å². The van der Waals surface area contributed by atoms with E-state index in [1.807, 2.05) is 38.1 Å². The fourth-order valence-electron chi connectivity index (χ4n) is 1.81. The minimum absolute atomic E-state index is 0.0668. The molecule has 0 fully saturated rings. The minimum atomic E-state index is -0.0668. The summed E-state index contributed by atoms with van der Waals surface area (Å²) in [5.41, 5.74) is 1.46. The van der Waals surface area contributed by atoms with Gasteiger partial charge in [-0.1, -0.05) is 18.2 Å². The lowest BCUT2D eigenvalue weighted by Gasteiger charge is -2.03. The molecule has 2 aromatic rings. The number of carbonyl (C=O) groups is 1. The summed E-state index contributed by atoms with van der Waals surface area (Å²) in [6.45, 7) is 4.04. The van der Waals surface area contributed by atoms with Crippen LogP contribution in [0.4, 0.5) is 0 Å². The van der Waals surface area contributed by atoms with Crippen molar-refractivity contribution in [3.63, 3.8) is 0 Å². The maximum Gasteiger partial charge on any atom is 0.189 e. The summed E-state index contributed by atoms with van der Waals surface area (Å²) in [6.07, 6.45) is 6.65. The Labute approximate surface area is 118 Å². The second kappa shape index (κ2) is 6.19. The van der Waals surface area contributed by atoms with Crippen LogP contribution in [-0.2, 0) is 0 Å². The van der Waals surface area contributed by atoms with E-state index in [4.69, 9.17) is 4.74 Å². The molecule has 0 aliphatic rings. The molecular formula is C16H18N2O2. The number of nitrogens with zero attached hydrogens (tertiary/aromatic N) is 2. The lowest BCUT2D eigenvalue weighted by molar-refractivity contribution is 0.104. The molecule has 0 unspecified atom stereocenters. The molecular weight excluding hydrogens is 252 g/mol. The lowest BCUT2D eigenvalue weighted by Crippen LogP contribution is -2.00. The predicted molar refractivity (Wildman–Crippen MR) is 79.0 cm³/mol. The highest BCUT2D eigenvalue weighted by molar-refractivity contribution is 6.06. The second-order valence-electron chi connectivity index (χ2n) is 4.74. The van der Waals surface area contributed by atoms with E-state index in [0.717, 1.165) is 11.3 Å². The van der Waals surface area contributed by atoms with E-state index in [1.165, 1.54) is 0 Å². The van der Waals surface area contributed by atoms with E-state index in [-0.39, 0.29) is 11.8 Å². The molecule has 0 bridgehead atoms. The molecule has 0 aliphatic heterocycles. The van der Waals surface area contributed by atoms with Crippen molar-refractivity contribution in [2.24, 2.45) is 0 Å². The largest absolute Gasteiger partial charge is 0.496 e. The van der Waals surface area contributed by atoms with Crippen LogP contribution in [0.15, 0.2) is 42.7 Å². The number of carbonyl (C=O) groups excluding carboxylic acids is 1. The van der Waals surface area contributed by atoms with Crippen LogP contribution >= 0.6 is 0 Å². The highest BCUT2D eigenvalue weighted by Gasteiger charge is 2.07. The predicted octanol–water partition coefficient (Wildman–Crippen LogP) is 3.37. The van der Waals surface area contributed by atoms with Crippen LogP contribution in [0.25, 0.3) is 6.08 Å². The third-order valence-electron chi connectivity index (χ3n) is 2.97. The van der Waals surface area contributed by atoms with Crippen molar-refractivity contribution in [2.75, 3.05) is 7.11 Å². The zero-order chi connectivity index (χ0) is 14.5. The minimum Gasteiger partial charge on any atom is -0.496 e. The number of methoxy groups -OCH3 is 1. The molecule has 0 saturated heterocycles. The quantitative estimate of drug-likeness (QED) is 0.618. The summed E-state index contributed by atoms with van der Waals surface area (Å²) >= 11 is 0. The molecule has 0 saturated carbocycles. The van der Waals surface area contributed by atoms with Crippen molar-refractivity contribution in [3.8, 4) is 5.75 Å². The van der Waals surface area contributed by atoms with Gasteiger partial charge >= 0.3 is 0 Å². The average Bonchev–Trinajstić information content (AvgIpc) is 2.95. The van der Waals surface area contributed by atoms with E-state index < -0.39 is 0 Å². The molecule has 1 aromatic heterocycles. The maximum atomic E-state index is 12.1. The molecule has 4 nitrogen and oxygen atoms in total. The van der Waals surface area contributed by atoms with Gasteiger partial charge < -0.3 is 4.74 Å². The van der Waals surface area contributed by atoms with Gasteiger partial charge in [0.15, 0.2) is 5.78 Å². The summed E-state index contributed by atoms with van der Waals surface area (Å²) in [6, 6.07) is 7.81. The van der Waals surface area contributed by atoms with Crippen LogP contribution in [0.2, 0.25) is 0 Å². The highest BCUT2D eigenvalue weighted by atomic mass is 16.5. The molecule has 4 heteroatoms. The first-order valence-corrected chi connectivity index (χ1v) is 6.51. The first kappa shape index (κ1) is 14.1. The van der Waals surface area contributed by atoms with Gasteiger partial charge in [-0.05, 0) is 32.1 Å². The van der Waals surface area contributed by atoms with Crippen LogP contribution in [0.1, 0.15) is 35.8 Å². The number of ether oxygens (including phenoxy) is 1. The van der Waals surface area contributed by atoms with Crippen molar-refractivity contribution >= 4 is 11.9 Å². The Morgan fingerprint density at radius 2 is 2.10 bits per heavy atom. The number of hydrogen-bond donors (Lipinski definition) is 0. The highest BCUT2D eigenvalue weighted by Crippen LogP contribution is 2.19. The molecule has 20 heavy (non-hydrogen) atoms. The van der Waals surface area contributed by atoms with Gasteiger partial charge in [0, 0.05) is 17.8 Å². The Morgan fingerprint density at radius 3 is 2.75 bits per heavy atom. The fraction of sp³-hybridized carbons (Fsp3) is 0.250. The van der Waals surface area contributed by atoms with Crippen molar-refractivity contribution < 1.29 is 9.53 Å². The maximum absolute atomic E-state index is 12.1. The molecule has 0 amide bonds. The third kappa shape index (κ3) is 3.15. The summed E-state index contributed by atoms with van der Waals surface area (Å²) in [7, 11) is 1.61. The number of benzene rings is 1. The standard InChI is InChI=1S/C16H18N2O2/c1-12(2)18-11-14(10-17-18)15(19)9-8-13-6-4-5-7-16(13)20-3/h4-12H,1-3H3/b9-8+. The summed E-state index contributed by atoms with van der Waals surface area (Å²) in [5.74, 6) is 0.678. The van der Waals surface area contributed by atoms with Crippen LogP contribution in [0.5, 0.6) is 5.75 Å². The number of para-hydroxylation sites is 1. The summed E-state index contributed by atoms with van der Waals surface area (Å²) in [4.78, 5) is 12.1. The Morgan fingerprint density at radius 1 is 1.35 bits per heavy atom. The van der Waals surface area contributed by atoms with Gasteiger partial charge in [-0.2, -0.15) is 5.10 Å². The molecule has 0 N–H and O–H groups in total. The summed E-state index contributed by atoms with van der Waals surface area (Å²) in [5, 5.41) is 4.16. The lowest BCUT2D eigenvalue weighted by atomic mass is 10.1. The molecule has 0 radical (unpaired) electrons.